The van der Waals surface area contributed by atoms with Gasteiger partial charge in [0, 0.05) is 55.7 Å². The monoisotopic (exact) mass is 696 g/mol. The van der Waals surface area contributed by atoms with E-state index in [1.807, 2.05) is 4.72 Å². The van der Waals surface area contributed by atoms with Gasteiger partial charge in [0.05, 0.1) is 13.2 Å². The van der Waals surface area contributed by atoms with Gasteiger partial charge >= 0.3 is 15.5 Å². The van der Waals surface area contributed by atoms with Crippen LogP contribution in [0.2, 0.25) is 0 Å². The smallest absolute Gasteiger partial charge is 0.511 e. The first-order valence-electron chi connectivity index (χ1n) is 13.0. The van der Waals surface area contributed by atoms with Crippen LogP contribution >= 0.6 is 11.3 Å². The van der Waals surface area contributed by atoms with Crippen LogP contribution in [0.1, 0.15) is 37.8 Å². The lowest BCUT2D eigenvalue weighted by atomic mass is 10.0. The summed E-state index contributed by atoms with van der Waals surface area (Å²) < 4.78 is 70.9. The Morgan fingerprint density at radius 1 is 0.923 bits per heavy atom. The summed E-state index contributed by atoms with van der Waals surface area (Å²) in [5, 5.41) is 0. The third kappa shape index (κ3) is 6.36. The number of alkyl halides is 3. The highest BCUT2D eigenvalue weighted by Crippen LogP contribution is 2.36. The summed E-state index contributed by atoms with van der Waals surface area (Å²) in [6.07, 6.45) is 2.28. The van der Waals surface area contributed by atoms with Gasteiger partial charge in [0.15, 0.2) is 0 Å². The third-order valence-corrected chi connectivity index (χ3v) is 9.66. The molecular weight excluding hydrogens is 664 g/mol. The first-order valence-corrected chi connectivity index (χ1v) is 15.3. The lowest BCUT2D eigenvalue weighted by Gasteiger charge is -2.34. The zero-order valence-corrected chi connectivity index (χ0v) is 25.6. The lowest BCUT2D eigenvalue weighted by Crippen LogP contribution is -3.00. The Kier molecular flexibility index (Phi) is 9.46. The van der Waals surface area contributed by atoms with Gasteiger partial charge in [-0.3, -0.25) is 0 Å². The Labute approximate surface area is 247 Å². The van der Waals surface area contributed by atoms with E-state index in [2.05, 4.69) is 47.9 Å². The topological polar surface area (TPSA) is 74.8 Å². The molecule has 2 aliphatic rings. The van der Waals surface area contributed by atoms with E-state index in [0.717, 1.165) is 70.8 Å². The van der Waals surface area contributed by atoms with E-state index >= 15 is 0 Å². The minimum absolute atomic E-state index is 0. The lowest BCUT2D eigenvalue weighted by molar-refractivity contribution is -0.0451. The van der Waals surface area contributed by atoms with Crippen LogP contribution in [0.4, 0.5) is 24.5 Å². The average Bonchev–Trinajstić information content (AvgIpc) is 2.90. The predicted molar refractivity (Wildman–Crippen MR) is 147 cm³/mol. The van der Waals surface area contributed by atoms with E-state index < -0.39 is 21.6 Å². The minimum atomic E-state index is -5.34. The number of nitrogens with one attached hydrogen (secondary N) is 1. The van der Waals surface area contributed by atoms with E-state index in [9.17, 15) is 21.6 Å². The Morgan fingerprint density at radius 2 is 1.41 bits per heavy atom. The van der Waals surface area contributed by atoms with Crippen LogP contribution in [-0.2, 0) is 27.6 Å². The van der Waals surface area contributed by atoms with E-state index in [4.69, 9.17) is 9.72 Å². The van der Waals surface area contributed by atoms with Gasteiger partial charge in [-0.1, -0.05) is 13.8 Å². The third-order valence-electron chi connectivity index (χ3n) is 7.35. The number of anilines is 2. The van der Waals surface area contributed by atoms with E-state index in [0.29, 0.717) is 25.9 Å². The molecule has 0 amide bonds. The predicted octanol–water partition coefficient (Wildman–Crippen LogP) is 2.10. The second-order valence-electron chi connectivity index (χ2n) is 9.75. The molecule has 0 atom stereocenters. The first-order chi connectivity index (χ1) is 18.1. The largest absolute Gasteiger partial charge is 1.00 e. The maximum atomic E-state index is 12.8. The van der Waals surface area contributed by atoms with Gasteiger partial charge in [-0.15, -0.1) is 0 Å². The average molecular weight is 697 g/mol. The highest BCUT2D eigenvalue weighted by Gasteiger charge is 2.47. The Morgan fingerprint density at radius 3 is 1.87 bits per heavy atom. The summed E-state index contributed by atoms with van der Waals surface area (Å²) in [4.78, 5) is 9.60. The number of rotatable bonds is 6. The molecule has 0 radical (unpaired) electrons. The van der Waals surface area contributed by atoms with E-state index in [1.165, 1.54) is 11.3 Å². The normalized spacial score (nSPS) is 17.6. The number of sulfonamides is 1. The number of aromatic nitrogens is 1. The molecule has 1 aromatic heterocycles. The van der Waals surface area contributed by atoms with Crippen molar-refractivity contribution in [2.75, 3.05) is 49.2 Å². The van der Waals surface area contributed by atoms with Crippen LogP contribution < -0.4 is 38.5 Å². The zero-order chi connectivity index (χ0) is 27.1. The number of ether oxygens (including phenoxy) is 1. The second-order valence-corrected chi connectivity index (χ2v) is 12.5. The molecule has 1 N–H and O–H groups in total. The van der Waals surface area contributed by atoms with Gasteiger partial charge in [-0.05, 0) is 48.9 Å². The molecule has 39 heavy (non-hydrogen) atoms. The minimum Gasteiger partial charge on any atom is -1.00 e. The summed E-state index contributed by atoms with van der Waals surface area (Å²) in [5.41, 5.74) is 1.23. The molecule has 2 fully saturated rings. The molecular formula is C26H32F3IN4O3S2. The summed E-state index contributed by atoms with van der Waals surface area (Å²) >= 11 is 1.71. The highest BCUT2D eigenvalue weighted by molar-refractivity contribution is 7.90. The summed E-state index contributed by atoms with van der Waals surface area (Å²) in [5.74, 6) is 0. The molecule has 0 bridgehead atoms. The molecule has 2 aromatic carbocycles. The fourth-order valence-electron chi connectivity index (χ4n) is 5.21. The van der Waals surface area contributed by atoms with Crippen LogP contribution in [-0.4, -0.2) is 64.3 Å². The molecule has 0 unspecified atom stereocenters. The van der Waals surface area contributed by atoms with Crippen LogP contribution in [0, 0.1) is 0 Å². The van der Waals surface area contributed by atoms with Crippen molar-refractivity contribution in [3.05, 3.63) is 35.4 Å². The molecule has 2 aliphatic heterocycles. The van der Waals surface area contributed by atoms with Crippen LogP contribution in [0.5, 0.6) is 0 Å². The van der Waals surface area contributed by atoms with Crippen LogP contribution in [0.3, 0.4) is 0 Å². The van der Waals surface area contributed by atoms with Gasteiger partial charge in [0.1, 0.15) is 11.0 Å². The summed E-state index contributed by atoms with van der Waals surface area (Å²) in [6, 6.07) is 7.95. The van der Waals surface area contributed by atoms with E-state index in [-0.39, 0.29) is 24.0 Å². The van der Waals surface area contributed by atoms with Crippen molar-refractivity contribution in [3.63, 3.8) is 0 Å². The summed E-state index contributed by atoms with van der Waals surface area (Å²) in [7, 11) is -5.34. The standard InChI is InChI=1S/C26H32F3N4O3S2.HI/c1-3-17-13-20(32-7-5-19(6-8-32)31-38(34,35)26(27,28)29)15-22-24(17)30-25-18(4-2)14-21(16-23(25)37-22)33-9-11-36-12-10-33;/h13-16,19,31H,3-12H2,1-2H3;1H/q+1;/p-1. The highest BCUT2D eigenvalue weighted by atomic mass is 127. The van der Waals surface area contributed by atoms with Gasteiger partial charge in [-0.25, -0.2) is 18.1 Å². The van der Waals surface area contributed by atoms with E-state index in [1.54, 1.807) is 11.3 Å². The van der Waals surface area contributed by atoms with Gasteiger partial charge in [0.25, 0.3) is 9.40 Å². The van der Waals surface area contributed by atoms with Crippen LogP contribution in [0.15, 0.2) is 24.3 Å². The first kappa shape index (κ1) is 30.4. The molecule has 2 saturated heterocycles. The number of hydrogen-bond donors (Lipinski definition) is 1. The fraction of sp³-hybridized carbons (Fsp3) is 0.538. The number of aryl methyl sites for hydroxylation is 2. The number of hydrogen-bond acceptors (Lipinski definition) is 6. The number of benzene rings is 2. The molecule has 3 heterocycles. The Bertz CT molecular complexity index is 1440. The Balaban J connectivity index is 0.00000353. The molecule has 0 saturated carbocycles. The van der Waals surface area contributed by atoms with Crippen molar-refractivity contribution in [1.82, 2.24) is 9.71 Å². The number of morpholine rings is 1. The molecule has 3 aromatic rings. The quantitative estimate of drug-likeness (QED) is 0.242. The van der Waals surface area contributed by atoms with Crippen molar-refractivity contribution in [3.8, 4) is 0 Å². The number of fused-ring (bicyclic) bond motifs is 2. The maximum Gasteiger partial charge on any atom is 0.511 e. The number of piperidine rings is 1. The summed E-state index contributed by atoms with van der Waals surface area (Å²) in [6.45, 7) is 8.33. The molecule has 214 valence electrons. The molecule has 0 spiro atoms. The number of halogens is 4. The molecule has 13 heteroatoms. The second kappa shape index (κ2) is 12.1. The van der Waals surface area contributed by atoms with Crippen molar-refractivity contribution in [1.29, 1.82) is 0 Å². The Hall–Kier alpha value is -1.55. The van der Waals surface area contributed by atoms with Gasteiger partial charge in [-0.2, -0.15) is 13.2 Å². The number of nitrogens with zero attached hydrogens (tertiary/aromatic N) is 3. The van der Waals surface area contributed by atoms with Crippen molar-refractivity contribution in [2.24, 2.45) is 0 Å². The molecule has 7 nitrogen and oxygen atoms in total. The van der Waals surface area contributed by atoms with Crippen molar-refractivity contribution >= 4 is 53.2 Å². The van der Waals surface area contributed by atoms with Gasteiger partial charge < -0.3 is 38.5 Å². The molecule has 5 rings (SSSR count). The van der Waals surface area contributed by atoms with Gasteiger partial charge in [0.2, 0.25) is 11.3 Å². The maximum absolute atomic E-state index is 12.8. The zero-order valence-electron chi connectivity index (χ0n) is 21.9. The fourth-order valence-corrected chi connectivity index (χ4v) is 7.16. The molecule has 0 aliphatic carbocycles. The van der Waals surface area contributed by atoms with Crippen LogP contribution in [0.25, 0.3) is 20.4 Å². The SMILES string of the molecule is CCc1cc(N2CCOCC2)cc2[s+]c3cc(N4CCC(NS(=O)(=O)C(F)(F)F)CC4)cc(CC)c3nc12.[I-]. The van der Waals surface area contributed by atoms with Crippen molar-refractivity contribution < 1.29 is 50.3 Å². The van der Waals surface area contributed by atoms with Crippen molar-refractivity contribution in [2.45, 2.75) is 51.1 Å².